The van der Waals surface area contributed by atoms with Crippen LogP contribution in [-0.4, -0.2) is 16.3 Å². The highest BCUT2D eigenvalue weighted by atomic mass is 16.2. The Labute approximate surface area is 125 Å². The van der Waals surface area contributed by atoms with Gasteiger partial charge in [0.2, 0.25) is 0 Å². The Balaban J connectivity index is 2.19. The molecule has 3 rings (SSSR count). The molecule has 0 N–H and O–H groups in total. The first-order valence-corrected chi connectivity index (χ1v) is 7.19. The van der Waals surface area contributed by atoms with Gasteiger partial charge in [0.15, 0.2) is 0 Å². The number of carbonyl (C=O) groups excluding carboxylic acids is 1. The lowest BCUT2D eigenvalue weighted by molar-refractivity contribution is 0.0750. The largest absolute Gasteiger partial charge is 0.302 e. The van der Waals surface area contributed by atoms with Gasteiger partial charge >= 0.3 is 0 Å². The lowest BCUT2D eigenvalue weighted by Gasteiger charge is -2.33. The van der Waals surface area contributed by atoms with E-state index in [1.54, 1.807) is 0 Å². The average molecular weight is 277 g/mol. The summed E-state index contributed by atoms with van der Waals surface area (Å²) in [6.45, 7) is 6.20. The van der Waals surface area contributed by atoms with Crippen molar-refractivity contribution in [3.8, 4) is 0 Å². The molecule has 0 saturated carbocycles. The Morgan fingerprint density at radius 3 is 2.05 bits per heavy atom. The van der Waals surface area contributed by atoms with Crippen LogP contribution in [0.2, 0.25) is 0 Å². The molecule has 0 radical (unpaired) electrons. The third-order valence-corrected chi connectivity index (χ3v) is 3.65. The van der Waals surface area contributed by atoms with Crippen LogP contribution in [0.1, 0.15) is 42.3 Å². The summed E-state index contributed by atoms with van der Waals surface area (Å²) >= 11 is 0. The maximum absolute atomic E-state index is 12.7. The van der Waals surface area contributed by atoms with Gasteiger partial charge in [-0.15, -0.1) is 0 Å². The van der Waals surface area contributed by atoms with E-state index in [0.717, 1.165) is 22.4 Å². The van der Waals surface area contributed by atoms with Crippen molar-refractivity contribution < 1.29 is 4.79 Å². The number of fused-ring (bicyclic) bond motifs is 1. The fourth-order valence-corrected chi connectivity index (χ4v) is 2.76. The van der Waals surface area contributed by atoms with E-state index in [4.69, 9.17) is 0 Å². The first-order chi connectivity index (χ1) is 9.98. The third-order valence-electron chi connectivity index (χ3n) is 3.65. The lowest BCUT2D eigenvalue weighted by Crippen LogP contribution is -2.40. The molecule has 0 aromatic heterocycles. The van der Waals surface area contributed by atoms with Gasteiger partial charge in [0, 0.05) is 16.7 Å². The number of hydrogen-bond donors (Lipinski definition) is 0. The molecule has 1 amide bonds. The van der Waals surface area contributed by atoms with Crippen molar-refractivity contribution >= 4 is 17.7 Å². The van der Waals surface area contributed by atoms with Crippen LogP contribution in [0.4, 0.5) is 0 Å². The highest BCUT2D eigenvalue weighted by Crippen LogP contribution is 2.38. The minimum atomic E-state index is -0.253. The second-order valence-electron chi connectivity index (χ2n) is 6.30. The van der Waals surface area contributed by atoms with Crippen LogP contribution in [0.3, 0.4) is 0 Å². The zero-order valence-electron chi connectivity index (χ0n) is 12.6. The molecule has 2 aromatic rings. The molecule has 21 heavy (non-hydrogen) atoms. The van der Waals surface area contributed by atoms with E-state index < -0.39 is 0 Å². The second-order valence-corrected chi connectivity index (χ2v) is 6.30. The van der Waals surface area contributed by atoms with Gasteiger partial charge in [-0.2, -0.15) is 0 Å². The number of rotatable bonds is 1. The number of nitrogens with zero attached hydrogens (tertiary/aromatic N) is 1. The van der Waals surface area contributed by atoms with E-state index in [1.807, 2.05) is 47.4 Å². The summed E-state index contributed by atoms with van der Waals surface area (Å²) in [4.78, 5) is 14.6. The average Bonchev–Trinajstić information content (AvgIpc) is 2.73. The second kappa shape index (κ2) is 4.88. The smallest absolute Gasteiger partial charge is 0.259 e. The topological polar surface area (TPSA) is 20.3 Å². The van der Waals surface area contributed by atoms with Crippen LogP contribution in [0.5, 0.6) is 0 Å². The summed E-state index contributed by atoms with van der Waals surface area (Å²) in [6, 6.07) is 18.0. The molecular formula is C19H19NO. The zero-order valence-corrected chi connectivity index (χ0v) is 12.6. The van der Waals surface area contributed by atoms with Gasteiger partial charge in [0.1, 0.15) is 0 Å². The fourth-order valence-electron chi connectivity index (χ4n) is 2.76. The Morgan fingerprint density at radius 2 is 1.43 bits per heavy atom. The number of benzene rings is 2. The predicted octanol–water partition coefficient (Wildman–Crippen LogP) is 4.44. The molecule has 2 heteroatoms. The molecule has 0 fully saturated rings. The standard InChI is InChI=1S/C19H19NO/c1-19(2,3)20-17(13-14-9-5-4-6-10-14)15-11-7-8-12-16(15)18(20)21/h4-13H,1-3H3/b17-13-. The van der Waals surface area contributed by atoms with Crippen LogP contribution in [0.15, 0.2) is 54.6 Å². The Bertz CT molecular complexity index is 708. The molecule has 1 aliphatic rings. The molecule has 2 aromatic carbocycles. The Hall–Kier alpha value is -2.35. The first-order valence-electron chi connectivity index (χ1n) is 7.19. The normalized spacial score (nSPS) is 16.4. The SMILES string of the molecule is CC(C)(C)N1C(=O)c2ccccc2/C1=C/c1ccccc1. The first kappa shape index (κ1) is 13.6. The van der Waals surface area contributed by atoms with E-state index in [2.05, 4.69) is 39.0 Å². The van der Waals surface area contributed by atoms with Crippen LogP contribution in [-0.2, 0) is 0 Å². The van der Waals surface area contributed by atoms with E-state index in [1.165, 1.54) is 0 Å². The van der Waals surface area contributed by atoms with Gasteiger partial charge in [0.05, 0.1) is 5.70 Å². The van der Waals surface area contributed by atoms with Crippen LogP contribution in [0.25, 0.3) is 11.8 Å². The number of amides is 1. The maximum Gasteiger partial charge on any atom is 0.259 e. The molecule has 0 bridgehead atoms. The van der Waals surface area contributed by atoms with Crippen molar-refractivity contribution in [3.05, 3.63) is 71.3 Å². The fraction of sp³-hybridized carbons (Fsp3) is 0.211. The number of hydrogen-bond acceptors (Lipinski definition) is 1. The molecule has 2 nitrogen and oxygen atoms in total. The summed E-state index contributed by atoms with van der Waals surface area (Å²) in [6.07, 6.45) is 2.09. The van der Waals surface area contributed by atoms with Crippen molar-refractivity contribution in [2.75, 3.05) is 0 Å². The van der Waals surface area contributed by atoms with E-state index in [-0.39, 0.29) is 11.4 Å². The molecule has 106 valence electrons. The van der Waals surface area contributed by atoms with Crippen molar-refractivity contribution in [2.45, 2.75) is 26.3 Å². The van der Waals surface area contributed by atoms with E-state index in [0.29, 0.717) is 0 Å². The summed E-state index contributed by atoms with van der Waals surface area (Å²) in [5.41, 5.74) is 3.63. The van der Waals surface area contributed by atoms with Crippen molar-refractivity contribution in [2.24, 2.45) is 0 Å². The Morgan fingerprint density at radius 1 is 0.857 bits per heavy atom. The number of carbonyl (C=O) groups is 1. The van der Waals surface area contributed by atoms with Gasteiger partial charge in [0.25, 0.3) is 5.91 Å². The third kappa shape index (κ3) is 2.38. The molecule has 0 saturated heterocycles. The van der Waals surface area contributed by atoms with Crippen molar-refractivity contribution in [1.29, 1.82) is 0 Å². The molecular weight excluding hydrogens is 258 g/mol. The molecule has 1 heterocycles. The minimum absolute atomic E-state index is 0.0836. The lowest BCUT2D eigenvalue weighted by atomic mass is 10.0. The molecule has 1 aliphatic heterocycles. The quantitative estimate of drug-likeness (QED) is 0.754. The summed E-state index contributed by atoms with van der Waals surface area (Å²) < 4.78 is 0. The highest BCUT2D eigenvalue weighted by Gasteiger charge is 2.38. The van der Waals surface area contributed by atoms with Crippen LogP contribution in [0, 0.1) is 0 Å². The van der Waals surface area contributed by atoms with Crippen LogP contribution < -0.4 is 0 Å². The zero-order chi connectivity index (χ0) is 15.0. The maximum atomic E-state index is 12.7. The molecule has 0 spiro atoms. The molecule has 0 unspecified atom stereocenters. The van der Waals surface area contributed by atoms with Crippen molar-refractivity contribution in [1.82, 2.24) is 4.90 Å². The van der Waals surface area contributed by atoms with E-state index in [9.17, 15) is 4.79 Å². The Kier molecular flexibility index (Phi) is 3.17. The van der Waals surface area contributed by atoms with Gasteiger partial charge in [-0.05, 0) is 38.5 Å². The summed E-state index contributed by atoms with van der Waals surface area (Å²) in [5.74, 6) is 0.0836. The summed E-state index contributed by atoms with van der Waals surface area (Å²) in [5, 5.41) is 0. The van der Waals surface area contributed by atoms with Gasteiger partial charge in [-0.3, -0.25) is 4.79 Å². The van der Waals surface area contributed by atoms with Crippen LogP contribution >= 0.6 is 0 Å². The van der Waals surface area contributed by atoms with Gasteiger partial charge in [-0.1, -0.05) is 48.5 Å². The highest BCUT2D eigenvalue weighted by molar-refractivity contribution is 6.12. The van der Waals surface area contributed by atoms with Crippen molar-refractivity contribution in [3.63, 3.8) is 0 Å². The predicted molar refractivity (Wildman–Crippen MR) is 86.7 cm³/mol. The summed E-state index contributed by atoms with van der Waals surface area (Å²) in [7, 11) is 0. The van der Waals surface area contributed by atoms with Gasteiger partial charge < -0.3 is 4.90 Å². The monoisotopic (exact) mass is 277 g/mol. The van der Waals surface area contributed by atoms with Gasteiger partial charge in [-0.25, -0.2) is 0 Å². The minimum Gasteiger partial charge on any atom is -0.302 e. The molecule has 0 atom stereocenters. The molecule has 0 aliphatic carbocycles. The van der Waals surface area contributed by atoms with E-state index >= 15 is 0 Å².